The lowest BCUT2D eigenvalue weighted by atomic mass is 10.0. The van der Waals surface area contributed by atoms with E-state index in [1.54, 1.807) is 0 Å². The van der Waals surface area contributed by atoms with Crippen molar-refractivity contribution in [2.75, 3.05) is 19.8 Å². The molecule has 2 N–H and O–H groups in total. The van der Waals surface area contributed by atoms with E-state index in [0.29, 0.717) is 6.54 Å². The maximum atomic E-state index is 11.6. The Balaban J connectivity index is 2.13. The van der Waals surface area contributed by atoms with Gasteiger partial charge >= 0.3 is 0 Å². The predicted octanol–water partition coefficient (Wildman–Crippen LogP) is -0.501. The van der Waals surface area contributed by atoms with Gasteiger partial charge in [0.05, 0.1) is 0 Å². The molecule has 0 aromatic carbocycles. The number of carbonyl (C=O) groups excluding carboxylic acids is 2. The molecule has 2 atom stereocenters. The zero-order valence-electron chi connectivity index (χ0n) is 8.65. The van der Waals surface area contributed by atoms with Gasteiger partial charge in [-0.2, -0.15) is 0 Å². The minimum absolute atomic E-state index is 0.0129. The highest BCUT2D eigenvalue weighted by molar-refractivity contribution is 5.98. The first-order valence-electron chi connectivity index (χ1n) is 5.36. The van der Waals surface area contributed by atoms with Crippen LogP contribution in [0.25, 0.3) is 0 Å². The number of rotatable bonds is 2. The Morgan fingerprint density at radius 2 is 1.93 bits per heavy atom. The first-order chi connectivity index (χ1) is 7.24. The summed E-state index contributed by atoms with van der Waals surface area (Å²) in [6.07, 6.45) is 2.95. The molecule has 2 unspecified atom stereocenters. The van der Waals surface area contributed by atoms with Crippen molar-refractivity contribution in [2.24, 2.45) is 11.7 Å². The van der Waals surface area contributed by atoms with Crippen LogP contribution in [-0.4, -0.2) is 42.5 Å². The molecule has 1 saturated carbocycles. The fraction of sp³-hybridized carbons (Fsp3) is 0.800. The van der Waals surface area contributed by atoms with Crippen LogP contribution in [0.5, 0.6) is 0 Å². The Morgan fingerprint density at radius 1 is 1.27 bits per heavy atom. The maximum Gasteiger partial charge on any atom is 0.255 e. The van der Waals surface area contributed by atoms with Crippen LogP contribution >= 0.6 is 0 Å². The van der Waals surface area contributed by atoms with Gasteiger partial charge in [0.25, 0.3) is 11.8 Å². The average molecular weight is 212 g/mol. The van der Waals surface area contributed by atoms with Gasteiger partial charge in [0, 0.05) is 6.04 Å². The minimum atomic E-state index is -0.211. The Hall–Kier alpha value is -0.940. The van der Waals surface area contributed by atoms with E-state index in [1.165, 1.54) is 4.90 Å². The van der Waals surface area contributed by atoms with E-state index in [-0.39, 0.29) is 37.0 Å². The highest BCUT2D eigenvalue weighted by Crippen LogP contribution is 2.30. The van der Waals surface area contributed by atoms with Crippen LogP contribution < -0.4 is 5.73 Å². The monoisotopic (exact) mass is 212 g/mol. The standard InChI is InChI=1S/C10H16N2O3/c11-4-7-2-1-3-8(7)12-9(13)5-15-6-10(12)14/h7-8H,1-6,11H2. The summed E-state index contributed by atoms with van der Waals surface area (Å²) in [7, 11) is 0. The van der Waals surface area contributed by atoms with Gasteiger partial charge in [-0.1, -0.05) is 6.42 Å². The highest BCUT2D eigenvalue weighted by atomic mass is 16.5. The molecule has 84 valence electrons. The maximum absolute atomic E-state index is 11.6. The quantitative estimate of drug-likeness (QED) is 0.626. The lowest BCUT2D eigenvalue weighted by Crippen LogP contribution is -2.53. The van der Waals surface area contributed by atoms with E-state index in [1.807, 2.05) is 0 Å². The normalized spacial score (nSPS) is 32.5. The highest BCUT2D eigenvalue weighted by Gasteiger charge is 2.39. The Kier molecular flexibility index (Phi) is 3.02. The molecular weight excluding hydrogens is 196 g/mol. The van der Waals surface area contributed by atoms with Gasteiger partial charge in [-0.25, -0.2) is 0 Å². The van der Waals surface area contributed by atoms with E-state index in [4.69, 9.17) is 10.5 Å². The van der Waals surface area contributed by atoms with Crippen LogP contribution in [0, 0.1) is 5.92 Å². The van der Waals surface area contributed by atoms with Crippen LogP contribution in [0.2, 0.25) is 0 Å². The molecule has 0 bridgehead atoms. The molecule has 1 aliphatic heterocycles. The Labute approximate surface area is 88.5 Å². The van der Waals surface area contributed by atoms with Crippen molar-refractivity contribution in [1.82, 2.24) is 4.90 Å². The first kappa shape index (κ1) is 10.6. The second-order valence-corrected chi connectivity index (χ2v) is 4.14. The van der Waals surface area contributed by atoms with Gasteiger partial charge in [0.15, 0.2) is 0 Å². The fourth-order valence-corrected chi connectivity index (χ4v) is 2.51. The molecule has 0 aromatic heterocycles. The van der Waals surface area contributed by atoms with E-state index < -0.39 is 0 Å². The number of nitrogens with zero attached hydrogens (tertiary/aromatic N) is 1. The molecule has 1 saturated heterocycles. The minimum Gasteiger partial charge on any atom is -0.362 e. The average Bonchev–Trinajstić information content (AvgIpc) is 2.65. The summed E-state index contributed by atoms with van der Waals surface area (Å²) >= 11 is 0. The Bertz CT molecular complexity index is 264. The molecule has 15 heavy (non-hydrogen) atoms. The molecule has 2 amide bonds. The second-order valence-electron chi connectivity index (χ2n) is 4.14. The van der Waals surface area contributed by atoms with Gasteiger partial charge in [0.2, 0.25) is 0 Å². The number of carbonyl (C=O) groups is 2. The van der Waals surface area contributed by atoms with Crippen LogP contribution in [-0.2, 0) is 14.3 Å². The van der Waals surface area contributed by atoms with Crippen LogP contribution in [0.1, 0.15) is 19.3 Å². The number of morpholine rings is 1. The summed E-state index contributed by atoms with van der Waals surface area (Å²) in [5.74, 6) is -0.149. The van der Waals surface area contributed by atoms with Gasteiger partial charge in [-0.05, 0) is 25.3 Å². The van der Waals surface area contributed by atoms with Crippen LogP contribution in [0.3, 0.4) is 0 Å². The zero-order valence-corrected chi connectivity index (χ0v) is 8.65. The number of ether oxygens (including phenoxy) is 1. The summed E-state index contributed by atoms with van der Waals surface area (Å²) in [6, 6.07) is 0.0129. The summed E-state index contributed by atoms with van der Waals surface area (Å²) in [6.45, 7) is 0.599. The van der Waals surface area contributed by atoms with Crippen molar-refractivity contribution in [2.45, 2.75) is 25.3 Å². The second kappa shape index (κ2) is 4.28. The molecule has 2 rings (SSSR count). The molecule has 2 aliphatic rings. The van der Waals surface area contributed by atoms with Crippen molar-refractivity contribution in [3.05, 3.63) is 0 Å². The fourth-order valence-electron chi connectivity index (χ4n) is 2.51. The van der Waals surface area contributed by atoms with Crippen molar-refractivity contribution in [3.8, 4) is 0 Å². The lowest BCUT2D eigenvalue weighted by molar-refractivity contribution is -0.162. The first-order valence-corrected chi connectivity index (χ1v) is 5.36. The summed E-state index contributed by atoms with van der Waals surface area (Å²) in [5, 5.41) is 0. The number of amides is 2. The lowest BCUT2D eigenvalue weighted by Gasteiger charge is -2.33. The third kappa shape index (κ3) is 1.89. The molecular formula is C10H16N2O3. The molecule has 0 spiro atoms. The van der Waals surface area contributed by atoms with E-state index in [0.717, 1.165) is 19.3 Å². The Morgan fingerprint density at radius 3 is 2.53 bits per heavy atom. The van der Waals surface area contributed by atoms with Gasteiger partial charge < -0.3 is 10.5 Å². The zero-order chi connectivity index (χ0) is 10.8. The molecule has 2 fully saturated rings. The third-order valence-electron chi connectivity index (χ3n) is 3.24. The molecule has 0 radical (unpaired) electrons. The number of hydrogen-bond acceptors (Lipinski definition) is 4. The van der Waals surface area contributed by atoms with Crippen LogP contribution in [0.4, 0.5) is 0 Å². The van der Waals surface area contributed by atoms with Gasteiger partial charge in [-0.15, -0.1) is 0 Å². The largest absolute Gasteiger partial charge is 0.362 e. The summed E-state index contributed by atoms with van der Waals surface area (Å²) < 4.78 is 4.88. The topological polar surface area (TPSA) is 72.6 Å². The molecule has 1 heterocycles. The summed E-state index contributed by atoms with van der Waals surface area (Å²) in [4.78, 5) is 24.6. The molecule has 1 aliphatic carbocycles. The SMILES string of the molecule is NCC1CCCC1N1C(=O)COCC1=O. The van der Waals surface area contributed by atoms with Crippen molar-refractivity contribution >= 4 is 11.8 Å². The summed E-state index contributed by atoms with van der Waals surface area (Å²) in [5.41, 5.74) is 5.64. The molecule has 5 nitrogen and oxygen atoms in total. The van der Waals surface area contributed by atoms with Crippen molar-refractivity contribution in [1.29, 1.82) is 0 Å². The van der Waals surface area contributed by atoms with Crippen molar-refractivity contribution < 1.29 is 14.3 Å². The van der Waals surface area contributed by atoms with Crippen molar-refractivity contribution in [3.63, 3.8) is 0 Å². The molecule has 5 heteroatoms. The van der Waals surface area contributed by atoms with Crippen LogP contribution in [0.15, 0.2) is 0 Å². The van der Waals surface area contributed by atoms with E-state index in [9.17, 15) is 9.59 Å². The van der Waals surface area contributed by atoms with E-state index >= 15 is 0 Å². The van der Waals surface area contributed by atoms with E-state index in [2.05, 4.69) is 0 Å². The predicted molar refractivity (Wildman–Crippen MR) is 52.9 cm³/mol. The molecule has 0 aromatic rings. The van der Waals surface area contributed by atoms with Gasteiger partial charge in [-0.3, -0.25) is 14.5 Å². The number of nitrogens with two attached hydrogens (primary N) is 1. The number of hydrogen-bond donors (Lipinski definition) is 1. The number of imide groups is 1. The smallest absolute Gasteiger partial charge is 0.255 e. The van der Waals surface area contributed by atoms with Gasteiger partial charge in [0.1, 0.15) is 13.2 Å². The third-order valence-corrected chi connectivity index (χ3v) is 3.24.